The summed E-state index contributed by atoms with van der Waals surface area (Å²) in [6, 6.07) is 0. The van der Waals surface area contributed by atoms with Crippen molar-refractivity contribution in [3.8, 4) is 0 Å². The maximum absolute atomic E-state index is 13.8. The van der Waals surface area contributed by atoms with Crippen LogP contribution in [-0.2, 0) is 38.1 Å². The SMILES string of the molecule is CCCCCCCCCCCC(=O)OCC(COC(=O)C(CCCCCCCCCC)CC(CO)OC(=O)CCCCCCCCCCC)OC(=O)CCCCCCCCCCC. The summed E-state index contributed by atoms with van der Waals surface area (Å²) in [5.41, 5.74) is 0. The molecule has 372 valence electrons. The summed E-state index contributed by atoms with van der Waals surface area (Å²) in [5, 5.41) is 10.3. The number of hydrogen-bond acceptors (Lipinski definition) is 9. The van der Waals surface area contributed by atoms with E-state index in [2.05, 4.69) is 27.7 Å². The number of aliphatic hydroxyl groups is 1. The van der Waals surface area contributed by atoms with Gasteiger partial charge in [-0.05, 0) is 32.1 Å². The summed E-state index contributed by atoms with van der Waals surface area (Å²) in [6.07, 6.45) is 39.7. The second-order valence-electron chi connectivity index (χ2n) is 18.7. The van der Waals surface area contributed by atoms with Gasteiger partial charge in [0.2, 0.25) is 0 Å². The molecular weight excluding hydrogens is 793 g/mol. The van der Waals surface area contributed by atoms with Crippen molar-refractivity contribution in [1.82, 2.24) is 0 Å². The molecule has 0 aromatic carbocycles. The Labute approximate surface area is 388 Å². The van der Waals surface area contributed by atoms with Gasteiger partial charge in [-0.25, -0.2) is 0 Å². The highest BCUT2D eigenvalue weighted by molar-refractivity contribution is 5.73. The van der Waals surface area contributed by atoms with Crippen molar-refractivity contribution in [3.05, 3.63) is 0 Å². The van der Waals surface area contributed by atoms with Gasteiger partial charge in [0.15, 0.2) is 6.10 Å². The molecule has 9 heteroatoms. The Bertz CT molecular complexity index is 1030. The van der Waals surface area contributed by atoms with Crippen molar-refractivity contribution in [1.29, 1.82) is 0 Å². The third-order valence-electron chi connectivity index (χ3n) is 12.4. The zero-order chi connectivity index (χ0) is 46.3. The van der Waals surface area contributed by atoms with E-state index in [1.165, 1.54) is 141 Å². The van der Waals surface area contributed by atoms with Gasteiger partial charge < -0.3 is 24.1 Å². The summed E-state index contributed by atoms with van der Waals surface area (Å²) >= 11 is 0. The van der Waals surface area contributed by atoms with E-state index in [1.807, 2.05) is 0 Å². The summed E-state index contributed by atoms with van der Waals surface area (Å²) in [6.45, 7) is 8.10. The lowest BCUT2D eigenvalue weighted by molar-refractivity contribution is -0.169. The Hall–Kier alpha value is -2.16. The summed E-state index contributed by atoms with van der Waals surface area (Å²) < 4.78 is 22.9. The number of ether oxygens (including phenoxy) is 4. The molecule has 0 aromatic heterocycles. The molecule has 0 fully saturated rings. The molecule has 0 aliphatic rings. The molecule has 3 unspecified atom stereocenters. The summed E-state index contributed by atoms with van der Waals surface area (Å²) in [7, 11) is 0. The van der Waals surface area contributed by atoms with Crippen molar-refractivity contribution in [2.75, 3.05) is 19.8 Å². The Morgan fingerprint density at radius 3 is 1.03 bits per heavy atom. The van der Waals surface area contributed by atoms with Gasteiger partial charge in [0.1, 0.15) is 19.3 Å². The second-order valence-corrected chi connectivity index (χ2v) is 18.7. The maximum atomic E-state index is 13.8. The van der Waals surface area contributed by atoms with Crippen molar-refractivity contribution >= 4 is 23.9 Å². The van der Waals surface area contributed by atoms with E-state index in [0.717, 1.165) is 83.5 Å². The van der Waals surface area contributed by atoms with Crippen LogP contribution in [0, 0.1) is 5.92 Å². The first-order chi connectivity index (χ1) is 30.8. The zero-order valence-corrected chi connectivity index (χ0v) is 41.9. The first-order valence-corrected chi connectivity index (χ1v) is 27.1. The number of carbonyl (C=O) groups excluding carboxylic acids is 4. The van der Waals surface area contributed by atoms with Crippen LogP contribution in [-0.4, -0.2) is 61.0 Å². The Kier molecular flexibility index (Phi) is 46.2. The second kappa shape index (κ2) is 47.8. The van der Waals surface area contributed by atoms with E-state index in [4.69, 9.17) is 18.9 Å². The fraction of sp³-hybridized carbons (Fsp3) is 0.926. The number of aliphatic hydroxyl groups excluding tert-OH is 1. The van der Waals surface area contributed by atoms with Crippen LogP contribution in [0.4, 0.5) is 0 Å². The predicted molar refractivity (Wildman–Crippen MR) is 260 cm³/mol. The van der Waals surface area contributed by atoms with Gasteiger partial charge in [-0.15, -0.1) is 0 Å². The van der Waals surface area contributed by atoms with Gasteiger partial charge in [0.25, 0.3) is 0 Å². The van der Waals surface area contributed by atoms with E-state index >= 15 is 0 Å². The van der Waals surface area contributed by atoms with Crippen molar-refractivity contribution in [2.24, 2.45) is 5.92 Å². The molecule has 0 bridgehead atoms. The van der Waals surface area contributed by atoms with E-state index in [1.54, 1.807) is 0 Å². The van der Waals surface area contributed by atoms with Crippen LogP contribution in [0.1, 0.15) is 285 Å². The van der Waals surface area contributed by atoms with Crippen molar-refractivity contribution in [2.45, 2.75) is 297 Å². The smallest absolute Gasteiger partial charge is 0.309 e. The molecule has 0 aliphatic heterocycles. The van der Waals surface area contributed by atoms with Crippen LogP contribution < -0.4 is 0 Å². The largest absolute Gasteiger partial charge is 0.462 e. The average Bonchev–Trinajstić information content (AvgIpc) is 3.28. The van der Waals surface area contributed by atoms with E-state index in [0.29, 0.717) is 19.3 Å². The molecule has 0 heterocycles. The Morgan fingerprint density at radius 1 is 0.365 bits per heavy atom. The summed E-state index contributed by atoms with van der Waals surface area (Å²) in [5.74, 6) is -2.16. The molecule has 0 aromatic rings. The maximum Gasteiger partial charge on any atom is 0.309 e. The molecule has 63 heavy (non-hydrogen) atoms. The number of esters is 4. The van der Waals surface area contributed by atoms with Gasteiger partial charge in [0.05, 0.1) is 12.5 Å². The van der Waals surface area contributed by atoms with Gasteiger partial charge in [-0.2, -0.15) is 0 Å². The topological polar surface area (TPSA) is 125 Å². The highest BCUT2D eigenvalue weighted by Crippen LogP contribution is 2.22. The normalized spacial score (nSPS) is 12.8. The number of unbranched alkanes of at least 4 members (excludes halogenated alkanes) is 31. The fourth-order valence-corrected chi connectivity index (χ4v) is 8.23. The van der Waals surface area contributed by atoms with Gasteiger partial charge in [-0.1, -0.05) is 233 Å². The first-order valence-electron chi connectivity index (χ1n) is 27.1. The Balaban J connectivity index is 5.35. The van der Waals surface area contributed by atoms with Crippen LogP contribution in [0.2, 0.25) is 0 Å². The molecule has 0 spiro atoms. The van der Waals surface area contributed by atoms with Crippen molar-refractivity contribution < 1.29 is 43.2 Å². The molecule has 9 nitrogen and oxygen atoms in total. The van der Waals surface area contributed by atoms with Crippen LogP contribution in [0.15, 0.2) is 0 Å². The molecule has 0 amide bonds. The summed E-state index contributed by atoms with van der Waals surface area (Å²) in [4.78, 5) is 52.3. The lowest BCUT2D eigenvalue weighted by atomic mass is 9.94. The first kappa shape index (κ1) is 60.8. The standard InChI is InChI=1S/C54H102O9/c1-5-9-13-17-21-25-29-33-37-41-51(56)60-46-50(63-53(58)43-39-35-31-27-23-19-15-11-7-3)47-61-54(59)48(40-36-32-28-24-20-16-12-8-4)44-49(45-55)62-52(57)42-38-34-30-26-22-18-14-10-6-2/h48-50,55H,5-47H2,1-4H3. The molecular formula is C54H102O9. The predicted octanol–water partition coefficient (Wildman–Crippen LogP) is 15.2. The van der Waals surface area contributed by atoms with Crippen molar-refractivity contribution in [3.63, 3.8) is 0 Å². The third-order valence-corrected chi connectivity index (χ3v) is 12.4. The minimum atomic E-state index is -0.918. The quantitative estimate of drug-likeness (QED) is 0.0361. The number of carbonyl (C=O) groups is 4. The van der Waals surface area contributed by atoms with Crippen LogP contribution in [0.3, 0.4) is 0 Å². The minimum absolute atomic E-state index is 0.159. The number of rotatable bonds is 49. The van der Waals surface area contributed by atoms with Crippen LogP contribution in [0.25, 0.3) is 0 Å². The molecule has 0 aliphatic carbocycles. The number of hydrogen-bond donors (Lipinski definition) is 1. The third kappa shape index (κ3) is 42.2. The lowest BCUT2D eigenvalue weighted by Gasteiger charge is -2.23. The average molecular weight is 895 g/mol. The highest BCUT2D eigenvalue weighted by Gasteiger charge is 2.28. The van der Waals surface area contributed by atoms with Crippen LogP contribution >= 0.6 is 0 Å². The van der Waals surface area contributed by atoms with Gasteiger partial charge in [0, 0.05) is 19.3 Å². The van der Waals surface area contributed by atoms with Gasteiger partial charge >= 0.3 is 23.9 Å². The molecule has 0 rings (SSSR count). The lowest BCUT2D eigenvalue weighted by Crippen LogP contribution is -2.34. The molecule has 0 saturated heterocycles. The fourth-order valence-electron chi connectivity index (χ4n) is 8.23. The van der Waals surface area contributed by atoms with E-state index in [9.17, 15) is 24.3 Å². The molecule has 0 saturated carbocycles. The monoisotopic (exact) mass is 895 g/mol. The Morgan fingerprint density at radius 2 is 0.667 bits per heavy atom. The minimum Gasteiger partial charge on any atom is -0.462 e. The van der Waals surface area contributed by atoms with E-state index in [-0.39, 0.29) is 50.6 Å². The van der Waals surface area contributed by atoms with E-state index < -0.39 is 24.1 Å². The van der Waals surface area contributed by atoms with Crippen LogP contribution in [0.5, 0.6) is 0 Å². The highest BCUT2D eigenvalue weighted by atomic mass is 16.6. The molecule has 0 radical (unpaired) electrons. The molecule has 1 N–H and O–H groups in total. The molecule has 3 atom stereocenters. The zero-order valence-electron chi connectivity index (χ0n) is 41.9. The van der Waals surface area contributed by atoms with Gasteiger partial charge in [-0.3, -0.25) is 19.2 Å².